The van der Waals surface area contributed by atoms with Gasteiger partial charge < -0.3 is 10.2 Å². The molecule has 0 saturated heterocycles. The van der Waals surface area contributed by atoms with Gasteiger partial charge in [-0.05, 0) is 54.4 Å². The van der Waals surface area contributed by atoms with Gasteiger partial charge in [-0.1, -0.05) is 13.0 Å². The predicted molar refractivity (Wildman–Crippen MR) is 80.5 cm³/mol. The van der Waals surface area contributed by atoms with Crippen molar-refractivity contribution in [2.24, 2.45) is 5.10 Å². The lowest BCUT2D eigenvalue weighted by molar-refractivity contribution is 0.0954. The van der Waals surface area contributed by atoms with Crippen LogP contribution >= 0.6 is 0 Å². The molecule has 0 radical (unpaired) electrons. The van der Waals surface area contributed by atoms with Crippen molar-refractivity contribution in [3.05, 3.63) is 59.7 Å². The minimum absolute atomic E-state index is 0.0286. The highest BCUT2D eigenvalue weighted by atomic mass is 16.3. The average molecular weight is 284 g/mol. The van der Waals surface area contributed by atoms with E-state index in [2.05, 4.69) is 10.5 Å². The molecule has 5 heteroatoms. The number of carbonyl (C=O) groups is 1. The number of hydrogen-bond acceptors (Lipinski definition) is 4. The summed E-state index contributed by atoms with van der Waals surface area (Å²) in [6, 6.07) is 12.7. The summed E-state index contributed by atoms with van der Waals surface area (Å²) in [5.41, 5.74) is 4.32. The van der Waals surface area contributed by atoms with Gasteiger partial charge in [-0.15, -0.1) is 0 Å². The standard InChI is InChI=1S/C16H16N2O3/c1-2-15(11-6-8-13(19)9-7-11)17-18-16(21)12-4-3-5-14(20)10-12/h3-10,19-20H,2H2,1H3,(H,18,21)/b17-15+. The SMILES string of the molecule is CC/C(=N\NC(=O)c1cccc(O)c1)c1ccc(O)cc1. The molecule has 2 aromatic carbocycles. The largest absolute Gasteiger partial charge is 0.508 e. The highest BCUT2D eigenvalue weighted by molar-refractivity contribution is 6.02. The van der Waals surface area contributed by atoms with Crippen LogP contribution in [0.15, 0.2) is 53.6 Å². The summed E-state index contributed by atoms with van der Waals surface area (Å²) in [6.45, 7) is 1.92. The fourth-order valence-corrected chi connectivity index (χ4v) is 1.83. The first-order valence-corrected chi connectivity index (χ1v) is 6.55. The number of amides is 1. The summed E-state index contributed by atoms with van der Waals surface area (Å²) in [5, 5.41) is 22.7. The Balaban J connectivity index is 2.14. The topological polar surface area (TPSA) is 81.9 Å². The maximum atomic E-state index is 11.9. The van der Waals surface area contributed by atoms with Crippen LogP contribution in [-0.4, -0.2) is 21.8 Å². The Morgan fingerprint density at radius 3 is 2.38 bits per heavy atom. The van der Waals surface area contributed by atoms with E-state index < -0.39 is 5.91 Å². The van der Waals surface area contributed by atoms with Gasteiger partial charge >= 0.3 is 0 Å². The lowest BCUT2D eigenvalue weighted by Gasteiger charge is -2.06. The summed E-state index contributed by atoms with van der Waals surface area (Å²) in [6.07, 6.45) is 0.630. The maximum absolute atomic E-state index is 11.9. The molecule has 0 aliphatic rings. The molecular formula is C16H16N2O3. The van der Waals surface area contributed by atoms with E-state index in [-0.39, 0.29) is 11.5 Å². The first kappa shape index (κ1) is 14.6. The molecule has 2 aromatic rings. The maximum Gasteiger partial charge on any atom is 0.271 e. The molecule has 0 aliphatic heterocycles. The Morgan fingerprint density at radius 2 is 1.76 bits per heavy atom. The molecule has 0 unspecified atom stereocenters. The number of phenols is 2. The van der Waals surface area contributed by atoms with E-state index in [1.54, 1.807) is 36.4 Å². The second-order valence-electron chi connectivity index (χ2n) is 4.45. The molecule has 0 aliphatic carbocycles. The zero-order chi connectivity index (χ0) is 15.2. The highest BCUT2D eigenvalue weighted by Gasteiger charge is 2.06. The molecule has 0 atom stereocenters. The number of carbonyl (C=O) groups excluding carboxylic acids is 1. The van der Waals surface area contributed by atoms with Gasteiger partial charge in [0, 0.05) is 5.56 Å². The van der Waals surface area contributed by atoms with Crippen LogP contribution in [0.4, 0.5) is 0 Å². The molecule has 5 nitrogen and oxygen atoms in total. The summed E-state index contributed by atoms with van der Waals surface area (Å²) in [5.74, 6) is -0.186. The smallest absolute Gasteiger partial charge is 0.271 e. The number of nitrogens with zero attached hydrogens (tertiary/aromatic N) is 1. The molecule has 2 rings (SSSR count). The van der Waals surface area contributed by atoms with Crippen molar-refractivity contribution in [2.45, 2.75) is 13.3 Å². The van der Waals surface area contributed by atoms with Crippen molar-refractivity contribution in [3.63, 3.8) is 0 Å². The van der Waals surface area contributed by atoms with Crippen LogP contribution in [0.5, 0.6) is 11.5 Å². The van der Waals surface area contributed by atoms with Crippen molar-refractivity contribution in [1.29, 1.82) is 0 Å². The van der Waals surface area contributed by atoms with Crippen LogP contribution in [0, 0.1) is 0 Å². The second-order valence-corrected chi connectivity index (χ2v) is 4.45. The highest BCUT2D eigenvalue weighted by Crippen LogP contribution is 2.13. The van der Waals surface area contributed by atoms with Gasteiger partial charge in [0.25, 0.3) is 5.91 Å². The molecule has 0 saturated carbocycles. The first-order chi connectivity index (χ1) is 10.1. The number of nitrogens with one attached hydrogen (secondary N) is 1. The average Bonchev–Trinajstić information content (AvgIpc) is 2.49. The Morgan fingerprint density at radius 1 is 1.05 bits per heavy atom. The van der Waals surface area contributed by atoms with Crippen LogP contribution in [0.25, 0.3) is 0 Å². The third-order valence-corrected chi connectivity index (χ3v) is 2.94. The molecule has 1 amide bonds. The first-order valence-electron chi connectivity index (χ1n) is 6.55. The summed E-state index contributed by atoms with van der Waals surface area (Å²) in [4.78, 5) is 11.9. The third kappa shape index (κ3) is 3.82. The van der Waals surface area contributed by atoms with Crippen molar-refractivity contribution < 1.29 is 15.0 Å². The van der Waals surface area contributed by atoms with E-state index in [9.17, 15) is 15.0 Å². The van der Waals surface area contributed by atoms with Gasteiger partial charge in [0.2, 0.25) is 0 Å². The molecule has 0 spiro atoms. The fourth-order valence-electron chi connectivity index (χ4n) is 1.83. The quantitative estimate of drug-likeness (QED) is 0.596. The van der Waals surface area contributed by atoms with Crippen LogP contribution in [-0.2, 0) is 0 Å². The van der Waals surface area contributed by atoms with E-state index in [4.69, 9.17) is 0 Å². The van der Waals surface area contributed by atoms with Crippen molar-refractivity contribution in [2.75, 3.05) is 0 Å². The zero-order valence-corrected chi connectivity index (χ0v) is 11.6. The molecule has 108 valence electrons. The van der Waals surface area contributed by atoms with Gasteiger partial charge in [0.1, 0.15) is 11.5 Å². The molecule has 21 heavy (non-hydrogen) atoms. The number of aromatic hydroxyl groups is 2. The van der Waals surface area contributed by atoms with Crippen molar-refractivity contribution in [3.8, 4) is 11.5 Å². The summed E-state index contributed by atoms with van der Waals surface area (Å²) in [7, 11) is 0. The molecule has 0 aromatic heterocycles. The minimum atomic E-state index is -0.393. The van der Waals surface area contributed by atoms with Crippen LogP contribution in [0.3, 0.4) is 0 Å². The van der Waals surface area contributed by atoms with E-state index in [0.29, 0.717) is 17.7 Å². The number of rotatable bonds is 4. The minimum Gasteiger partial charge on any atom is -0.508 e. The lowest BCUT2D eigenvalue weighted by atomic mass is 10.1. The number of hydrogen-bond donors (Lipinski definition) is 3. The lowest BCUT2D eigenvalue weighted by Crippen LogP contribution is -2.19. The van der Waals surface area contributed by atoms with Crippen molar-refractivity contribution >= 4 is 11.6 Å². The van der Waals surface area contributed by atoms with Crippen LogP contribution < -0.4 is 5.43 Å². The third-order valence-electron chi connectivity index (χ3n) is 2.94. The van der Waals surface area contributed by atoms with Crippen molar-refractivity contribution in [1.82, 2.24) is 5.43 Å². The Bertz CT molecular complexity index is 663. The number of phenolic OH excluding ortho intramolecular Hbond substituents is 2. The molecule has 0 bridgehead atoms. The van der Waals surface area contributed by atoms with Crippen LogP contribution in [0.1, 0.15) is 29.3 Å². The normalized spacial score (nSPS) is 11.2. The van der Waals surface area contributed by atoms with Gasteiger partial charge in [-0.25, -0.2) is 5.43 Å². The Labute approximate surface area is 122 Å². The van der Waals surface area contributed by atoms with E-state index in [0.717, 1.165) is 5.56 Å². The molecule has 3 N–H and O–H groups in total. The van der Waals surface area contributed by atoms with E-state index >= 15 is 0 Å². The summed E-state index contributed by atoms with van der Waals surface area (Å²) < 4.78 is 0. The monoisotopic (exact) mass is 284 g/mol. The van der Waals surface area contributed by atoms with Gasteiger partial charge in [-0.2, -0.15) is 5.10 Å². The molecule has 0 fully saturated rings. The summed E-state index contributed by atoms with van der Waals surface area (Å²) >= 11 is 0. The fraction of sp³-hybridized carbons (Fsp3) is 0.125. The van der Waals surface area contributed by atoms with Gasteiger partial charge in [0.05, 0.1) is 5.71 Å². The Kier molecular flexibility index (Phi) is 4.56. The van der Waals surface area contributed by atoms with Crippen LogP contribution in [0.2, 0.25) is 0 Å². The van der Waals surface area contributed by atoms with Gasteiger partial charge in [-0.3, -0.25) is 4.79 Å². The predicted octanol–water partition coefficient (Wildman–Crippen LogP) is 2.64. The van der Waals surface area contributed by atoms with E-state index in [1.807, 2.05) is 6.92 Å². The zero-order valence-electron chi connectivity index (χ0n) is 11.6. The number of hydrazone groups is 1. The number of benzene rings is 2. The Hall–Kier alpha value is -2.82. The van der Waals surface area contributed by atoms with Gasteiger partial charge in [0.15, 0.2) is 0 Å². The second kappa shape index (κ2) is 6.56. The van der Waals surface area contributed by atoms with E-state index in [1.165, 1.54) is 12.1 Å². The molecular weight excluding hydrogens is 268 g/mol. The molecule has 0 heterocycles.